The number of H-pyrrole nitrogens is 2. The number of aromatic nitrogens is 2. The zero-order valence-electron chi connectivity index (χ0n) is 8.87. The molecule has 2 rings (SSSR count). The highest BCUT2D eigenvalue weighted by Gasteiger charge is 2.01. The highest BCUT2D eigenvalue weighted by Crippen LogP contribution is 2.20. The van der Waals surface area contributed by atoms with E-state index in [1.165, 1.54) is 5.56 Å². The van der Waals surface area contributed by atoms with Gasteiger partial charge in [0.05, 0.1) is 5.69 Å². The monoisotopic (exact) mass is 218 g/mol. The third kappa shape index (κ3) is 2.18. The maximum atomic E-state index is 4.99. The van der Waals surface area contributed by atoms with Crippen LogP contribution in [0.5, 0.6) is 0 Å². The number of benzene rings is 1. The Labute approximate surface area is 94.4 Å². The van der Waals surface area contributed by atoms with E-state index < -0.39 is 0 Å². The molecule has 1 aromatic carbocycles. The lowest BCUT2D eigenvalue weighted by molar-refractivity contribution is 0.867. The van der Waals surface area contributed by atoms with Gasteiger partial charge in [-0.05, 0) is 29.3 Å². The highest BCUT2D eigenvalue weighted by molar-refractivity contribution is 7.71. The van der Waals surface area contributed by atoms with Crippen molar-refractivity contribution in [1.29, 1.82) is 0 Å². The molecular weight excluding hydrogens is 204 g/mol. The fourth-order valence-corrected chi connectivity index (χ4v) is 1.70. The van der Waals surface area contributed by atoms with Gasteiger partial charge in [0.25, 0.3) is 0 Å². The van der Waals surface area contributed by atoms with Gasteiger partial charge >= 0.3 is 0 Å². The molecule has 0 aliphatic heterocycles. The first kappa shape index (κ1) is 10.2. The van der Waals surface area contributed by atoms with Crippen LogP contribution in [0.25, 0.3) is 11.3 Å². The molecule has 0 spiro atoms. The van der Waals surface area contributed by atoms with Crippen LogP contribution in [0.2, 0.25) is 0 Å². The number of hydrogen-bond donors (Lipinski definition) is 2. The van der Waals surface area contributed by atoms with Crippen LogP contribution in [0.1, 0.15) is 25.3 Å². The largest absolute Gasteiger partial charge is 0.337 e. The second-order valence-electron chi connectivity index (χ2n) is 3.93. The maximum Gasteiger partial charge on any atom is 0.174 e. The van der Waals surface area contributed by atoms with Gasteiger partial charge < -0.3 is 9.97 Å². The molecule has 0 aliphatic rings. The van der Waals surface area contributed by atoms with Gasteiger partial charge in [-0.2, -0.15) is 0 Å². The smallest absolute Gasteiger partial charge is 0.174 e. The predicted molar refractivity (Wildman–Crippen MR) is 65.5 cm³/mol. The minimum atomic E-state index is 0.573. The number of hydrogen-bond acceptors (Lipinski definition) is 1. The Morgan fingerprint density at radius 2 is 1.80 bits per heavy atom. The Morgan fingerprint density at radius 3 is 2.27 bits per heavy atom. The maximum absolute atomic E-state index is 4.99. The summed E-state index contributed by atoms with van der Waals surface area (Å²) in [5.74, 6) is 0.573. The molecule has 0 saturated heterocycles. The molecule has 0 unspecified atom stereocenters. The average molecular weight is 218 g/mol. The van der Waals surface area contributed by atoms with E-state index >= 15 is 0 Å². The van der Waals surface area contributed by atoms with Crippen molar-refractivity contribution in [3.05, 3.63) is 40.8 Å². The Bertz CT molecular complexity index is 491. The summed E-state index contributed by atoms with van der Waals surface area (Å²) in [4.78, 5) is 6.06. The Balaban J connectivity index is 2.35. The minimum absolute atomic E-state index is 0.573. The summed E-state index contributed by atoms with van der Waals surface area (Å²) in [5, 5.41) is 0. The van der Waals surface area contributed by atoms with Crippen molar-refractivity contribution in [3.63, 3.8) is 0 Å². The Hall–Kier alpha value is -1.35. The van der Waals surface area contributed by atoms with E-state index in [2.05, 4.69) is 48.1 Å². The molecule has 15 heavy (non-hydrogen) atoms. The first-order valence-electron chi connectivity index (χ1n) is 5.05. The van der Waals surface area contributed by atoms with Gasteiger partial charge in [-0.1, -0.05) is 38.1 Å². The molecule has 0 aliphatic carbocycles. The van der Waals surface area contributed by atoms with Crippen LogP contribution in [0.3, 0.4) is 0 Å². The molecule has 0 radical (unpaired) electrons. The fourth-order valence-electron chi connectivity index (χ4n) is 1.54. The topological polar surface area (TPSA) is 31.6 Å². The van der Waals surface area contributed by atoms with Crippen LogP contribution in [0, 0.1) is 4.77 Å². The van der Waals surface area contributed by atoms with Gasteiger partial charge in [0.2, 0.25) is 0 Å². The average Bonchev–Trinajstić information content (AvgIpc) is 2.65. The first-order chi connectivity index (χ1) is 7.16. The molecule has 0 atom stereocenters. The number of rotatable bonds is 2. The summed E-state index contributed by atoms with van der Waals surface area (Å²) in [7, 11) is 0. The molecule has 0 saturated carbocycles. The van der Waals surface area contributed by atoms with Crippen molar-refractivity contribution in [1.82, 2.24) is 9.97 Å². The van der Waals surface area contributed by atoms with Gasteiger partial charge in [0.1, 0.15) is 0 Å². The molecular formula is C12H14N2S. The Kier molecular flexibility index (Phi) is 2.73. The third-order valence-corrected chi connectivity index (χ3v) is 2.70. The van der Waals surface area contributed by atoms with Crippen LogP contribution in [-0.4, -0.2) is 9.97 Å². The van der Waals surface area contributed by atoms with Gasteiger partial charge in [0, 0.05) is 6.20 Å². The molecule has 2 nitrogen and oxygen atoms in total. The second-order valence-corrected chi connectivity index (χ2v) is 4.34. The lowest BCUT2D eigenvalue weighted by atomic mass is 10.0. The van der Waals surface area contributed by atoms with Crippen molar-refractivity contribution in [2.45, 2.75) is 19.8 Å². The molecule has 1 heterocycles. The second kappa shape index (κ2) is 4.03. The summed E-state index contributed by atoms with van der Waals surface area (Å²) in [5.41, 5.74) is 3.55. The third-order valence-electron chi connectivity index (χ3n) is 2.48. The number of nitrogens with one attached hydrogen (secondary N) is 2. The van der Waals surface area contributed by atoms with Crippen LogP contribution in [0.4, 0.5) is 0 Å². The van der Waals surface area contributed by atoms with Crippen LogP contribution < -0.4 is 0 Å². The quantitative estimate of drug-likeness (QED) is 0.737. The Morgan fingerprint density at radius 1 is 1.13 bits per heavy atom. The van der Waals surface area contributed by atoms with Crippen LogP contribution >= 0.6 is 12.2 Å². The SMILES string of the molecule is CC(C)c1ccc(-c2c[nH]c(=S)[nH]2)cc1. The van der Waals surface area contributed by atoms with E-state index in [1.54, 1.807) is 0 Å². The van der Waals surface area contributed by atoms with E-state index in [0.717, 1.165) is 11.3 Å². The van der Waals surface area contributed by atoms with Crippen LogP contribution in [-0.2, 0) is 0 Å². The van der Waals surface area contributed by atoms with E-state index in [1.807, 2.05) is 6.20 Å². The molecule has 2 N–H and O–H groups in total. The van der Waals surface area contributed by atoms with Gasteiger partial charge in [-0.3, -0.25) is 0 Å². The molecule has 0 amide bonds. The van der Waals surface area contributed by atoms with E-state index in [-0.39, 0.29) is 0 Å². The van der Waals surface area contributed by atoms with E-state index in [9.17, 15) is 0 Å². The van der Waals surface area contributed by atoms with Gasteiger partial charge in [-0.15, -0.1) is 0 Å². The van der Waals surface area contributed by atoms with E-state index in [0.29, 0.717) is 10.7 Å². The number of imidazole rings is 1. The molecule has 2 aromatic rings. The van der Waals surface area contributed by atoms with Crippen molar-refractivity contribution in [3.8, 4) is 11.3 Å². The van der Waals surface area contributed by atoms with Gasteiger partial charge in [0.15, 0.2) is 4.77 Å². The summed E-state index contributed by atoms with van der Waals surface area (Å²) < 4.78 is 0.665. The summed E-state index contributed by atoms with van der Waals surface area (Å²) in [6.07, 6.45) is 1.90. The fraction of sp³-hybridized carbons (Fsp3) is 0.250. The van der Waals surface area contributed by atoms with Gasteiger partial charge in [-0.25, -0.2) is 0 Å². The summed E-state index contributed by atoms with van der Waals surface area (Å²) in [6.45, 7) is 4.39. The molecule has 0 bridgehead atoms. The molecule has 3 heteroatoms. The summed E-state index contributed by atoms with van der Waals surface area (Å²) in [6, 6.07) is 8.54. The lowest BCUT2D eigenvalue weighted by Crippen LogP contribution is -1.86. The standard InChI is InChI=1S/C12H14N2S/c1-8(2)9-3-5-10(6-4-9)11-7-13-12(15)14-11/h3-8H,1-2H3,(H2,13,14,15). The predicted octanol–water partition coefficient (Wildman–Crippen LogP) is 3.86. The molecule has 0 fully saturated rings. The normalized spacial score (nSPS) is 10.9. The summed E-state index contributed by atoms with van der Waals surface area (Å²) >= 11 is 4.99. The minimum Gasteiger partial charge on any atom is -0.337 e. The van der Waals surface area contributed by atoms with Crippen molar-refractivity contribution in [2.75, 3.05) is 0 Å². The van der Waals surface area contributed by atoms with Crippen molar-refractivity contribution < 1.29 is 0 Å². The molecule has 78 valence electrons. The van der Waals surface area contributed by atoms with E-state index in [4.69, 9.17) is 12.2 Å². The van der Waals surface area contributed by atoms with Crippen LogP contribution in [0.15, 0.2) is 30.5 Å². The van der Waals surface area contributed by atoms with Crippen molar-refractivity contribution >= 4 is 12.2 Å². The zero-order chi connectivity index (χ0) is 10.8. The van der Waals surface area contributed by atoms with Crippen molar-refractivity contribution in [2.24, 2.45) is 0 Å². The zero-order valence-corrected chi connectivity index (χ0v) is 9.69. The first-order valence-corrected chi connectivity index (χ1v) is 5.45. The lowest BCUT2D eigenvalue weighted by Gasteiger charge is -2.05. The molecule has 1 aromatic heterocycles. The number of aromatic amines is 2. The highest BCUT2D eigenvalue weighted by atomic mass is 32.1.